The molecule has 0 fully saturated rings. The minimum atomic E-state index is 0.0273. The highest BCUT2D eigenvalue weighted by molar-refractivity contribution is 5.93. The zero-order valence-electron chi connectivity index (χ0n) is 11.0. The van der Waals surface area contributed by atoms with Crippen molar-refractivity contribution in [3.05, 3.63) is 41.3 Å². The number of rotatable bonds is 4. The molecule has 2 rings (SSSR count). The van der Waals surface area contributed by atoms with Gasteiger partial charge in [0.15, 0.2) is 11.6 Å². The maximum absolute atomic E-state index is 11.2. The zero-order valence-corrected chi connectivity index (χ0v) is 11.0. The zero-order chi connectivity index (χ0) is 13.1. The lowest BCUT2D eigenvalue weighted by molar-refractivity contribution is 0.101. The van der Waals surface area contributed by atoms with Crippen LogP contribution in [0.4, 0.5) is 0 Å². The Labute approximate surface area is 107 Å². The topological polar surface area (TPSA) is 47.8 Å². The van der Waals surface area contributed by atoms with E-state index in [4.69, 9.17) is 0 Å². The Morgan fingerprint density at radius 2 is 2.06 bits per heavy atom. The highest BCUT2D eigenvalue weighted by Crippen LogP contribution is 2.12. The van der Waals surface area contributed by atoms with E-state index in [0.717, 1.165) is 30.0 Å². The van der Waals surface area contributed by atoms with Gasteiger partial charge in [0.1, 0.15) is 0 Å². The fraction of sp³-hybridized carbons (Fsp3) is 0.357. The first kappa shape index (κ1) is 12.5. The molecule has 0 aliphatic rings. The predicted molar refractivity (Wildman–Crippen MR) is 70.1 cm³/mol. The molecule has 0 bridgehead atoms. The minimum Gasteiger partial charge on any atom is -0.294 e. The molecule has 2 aromatic heterocycles. The van der Waals surface area contributed by atoms with Gasteiger partial charge in [0.05, 0.1) is 5.69 Å². The van der Waals surface area contributed by atoms with Crippen LogP contribution < -0.4 is 0 Å². The normalized spacial score (nSPS) is 10.6. The van der Waals surface area contributed by atoms with Gasteiger partial charge in [-0.1, -0.05) is 13.8 Å². The molecule has 2 aromatic rings. The van der Waals surface area contributed by atoms with E-state index in [9.17, 15) is 4.79 Å². The first-order chi connectivity index (χ1) is 8.65. The summed E-state index contributed by atoms with van der Waals surface area (Å²) in [6, 6.07) is 5.72. The van der Waals surface area contributed by atoms with E-state index >= 15 is 0 Å². The van der Waals surface area contributed by atoms with E-state index in [1.807, 2.05) is 10.7 Å². The Kier molecular flexibility index (Phi) is 3.55. The van der Waals surface area contributed by atoms with Crippen LogP contribution in [0.1, 0.15) is 42.5 Å². The van der Waals surface area contributed by atoms with Crippen LogP contribution in [0, 0.1) is 0 Å². The van der Waals surface area contributed by atoms with Crippen LogP contribution >= 0.6 is 0 Å². The minimum absolute atomic E-state index is 0.0273. The second-order valence-electron chi connectivity index (χ2n) is 4.21. The summed E-state index contributed by atoms with van der Waals surface area (Å²) in [7, 11) is 0. The second-order valence-corrected chi connectivity index (χ2v) is 4.21. The summed E-state index contributed by atoms with van der Waals surface area (Å²) in [5.74, 6) is 0.788. The van der Waals surface area contributed by atoms with Crippen LogP contribution in [0.25, 0.3) is 5.82 Å². The second kappa shape index (κ2) is 5.12. The van der Waals surface area contributed by atoms with Gasteiger partial charge in [-0.2, -0.15) is 5.10 Å². The van der Waals surface area contributed by atoms with Crippen molar-refractivity contribution >= 4 is 5.78 Å². The number of carbonyl (C=O) groups is 1. The molecule has 2 heterocycles. The number of Topliss-reactive ketones (excluding diaryl/α,β-unsaturated/α-hetero) is 1. The van der Waals surface area contributed by atoms with Crippen LogP contribution in [0.5, 0.6) is 0 Å². The average Bonchev–Trinajstić information content (AvgIpc) is 2.82. The van der Waals surface area contributed by atoms with Crippen molar-refractivity contribution in [2.75, 3.05) is 0 Å². The van der Waals surface area contributed by atoms with Gasteiger partial charge >= 0.3 is 0 Å². The molecule has 0 amide bonds. The van der Waals surface area contributed by atoms with Gasteiger partial charge in [0.2, 0.25) is 0 Å². The molecule has 0 saturated heterocycles. The fourth-order valence-corrected chi connectivity index (χ4v) is 1.82. The van der Waals surface area contributed by atoms with Gasteiger partial charge in [-0.05, 0) is 38.0 Å². The van der Waals surface area contributed by atoms with Crippen molar-refractivity contribution in [3.63, 3.8) is 0 Å². The lowest BCUT2D eigenvalue weighted by Gasteiger charge is -2.05. The quantitative estimate of drug-likeness (QED) is 0.775. The van der Waals surface area contributed by atoms with Crippen molar-refractivity contribution in [3.8, 4) is 5.82 Å². The summed E-state index contributed by atoms with van der Waals surface area (Å²) in [5, 5.41) is 4.51. The molecule has 94 valence electrons. The Morgan fingerprint density at radius 3 is 2.56 bits per heavy atom. The van der Waals surface area contributed by atoms with Gasteiger partial charge in [-0.15, -0.1) is 0 Å². The van der Waals surface area contributed by atoms with Crippen molar-refractivity contribution in [1.29, 1.82) is 0 Å². The molecule has 0 aromatic carbocycles. The van der Waals surface area contributed by atoms with Crippen molar-refractivity contribution in [2.24, 2.45) is 0 Å². The molecule has 0 spiro atoms. The van der Waals surface area contributed by atoms with Crippen molar-refractivity contribution in [2.45, 2.75) is 33.6 Å². The summed E-state index contributed by atoms with van der Waals surface area (Å²) in [4.78, 5) is 15.5. The molecule has 0 N–H and O–H groups in total. The maximum atomic E-state index is 11.2. The number of aryl methyl sites for hydroxylation is 2. The number of pyridine rings is 1. The monoisotopic (exact) mass is 243 g/mol. The van der Waals surface area contributed by atoms with Gasteiger partial charge in [0, 0.05) is 17.5 Å². The third-order valence-electron chi connectivity index (χ3n) is 2.93. The Morgan fingerprint density at radius 1 is 1.28 bits per heavy atom. The van der Waals surface area contributed by atoms with Gasteiger partial charge in [0.25, 0.3) is 0 Å². The molecule has 0 atom stereocenters. The highest BCUT2D eigenvalue weighted by atomic mass is 16.1. The smallest absolute Gasteiger partial charge is 0.161 e. The number of ketones is 1. The lowest BCUT2D eigenvalue weighted by atomic mass is 10.2. The highest BCUT2D eigenvalue weighted by Gasteiger charge is 2.08. The van der Waals surface area contributed by atoms with Crippen LogP contribution in [-0.2, 0) is 12.8 Å². The Bertz CT molecular complexity index is 555. The average molecular weight is 243 g/mol. The summed E-state index contributed by atoms with van der Waals surface area (Å²) in [5.41, 5.74) is 2.82. The van der Waals surface area contributed by atoms with Crippen LogP contribution in [0.3, 0.4) is 0 Å². The maximum Gasteiger partial charge on any atom is 0.161 e. The summed E-state index contributed by atoms with van der Waals surface area (Å²) in [6.45, 7) is 5.71. The predicted octanol–water partition coefficient (Wildman–Crippen LogP) is 2.59. The van der Waals surface area contributed by atoms with E-state index in [1.165, 1.54) is 6.92 Å². The van der Waals surface area contributed by atoms with E-state index < -0.39 is 0 Å². The van der Waals surface area contributed by atoms with E-state index in [0.29, 0.717) is 5.56 Å². The standard InChI is InChI=1S/C14H17N3O/c1-4-12-8-13(5-2)17(16-12)14-7-6-11(9-15-14)10(3)18/h6-9H,4-5H2,1-3H3. The number of hydrogen-bond acceptors (Lipinski definition) is 3. The van der Waals surface area contributed by atoms with Gasteiger partial charge < -0.3 is 0 Å². The SMILES string of the molecule is CCc1cc(CC)n(-c2ccc(C(C)=O)cn2)n1. The third kappa shape index (κ3) is 2.32. The first-order valence-electron chi connectivity index (χ1n) is 6.20. The largest absolute Gasteiger partial charge is 0.294 e. The molecular weight excluding hydrogens is 226 g/mol. The number of aromatic nitrogens is 3. The number of hydrogen-bond donors (Lipinski definition) is 0. The molecule has 0 radical (unpaired) electrons. The first-order valence-corrected chi connectivity index (χ1v) is 6.20. The molecule has 4 nitrogen and oxygen atoms in total. The van der Waals surface area contributed by atoms with Gasteiger partial charge in [-0.3, -0.25) is 4.79 Å². The van der Waals surface area contributed by atoms with Crippen molar-refractivity contribution in [1.82, 2.24) is 14.8 Å². The molecule has 4 heteroatoms. The molecule has 0 saturated carbocycles. The molecule has 0 aliphatic carbocycles. The van der Waals surface area contributed by atoms with Crippen LogP contribution in [0.2, 0.25) is 0 Å². The van der Waals surface area contributed by atoms with Gasteiger partial charge in [-0.25, -0.2) is 9.67 Å². The molecule has 18 heavy (non-hydrogen) atoms. The fourth-order valence-electron chi connectivity index (χ4n) is 1.82. The van der Waals surface area contributed by atoms with Crippen LogP contribution in [0.15, 0.2) is 24.4 Å². The molecule has 0 aliphatic heterocycles. The van der Waals surface area contributed by atoms with Crippen molar-refractivity contribution < 1.29 is 4.79 Å². The molecule has 0 unspecified atom stereocenters. The summed E-state index contributed by atoms with van der Waals surface area (Å²) < 4.78 is 1.85. The van der Waals surface area contributed by atoms with E-state index in [2.05, 4.69) is 30.0 Å². The number of nitrogens with zero attached hydrogens (tertiary/aromatic N) is 3. The van der Waals surface area contributed by atoms with E-state index in [1.54, 1.807) is 12.3 Å². The Hall–Kier alpha value is -1.97. The number of carbonyl (C=O) groups excluding carboxylic acids is 1. The third-order valence-corrected chi connectivity index (χ3v) is 2.93. The molecular formula is C14H17N3O. The lowest BCUT2D eigenvalue weighted by Crippen LogP contribution is -2.05. The summed E-state index contributed by atoms with van der Waals surface area (Å²) >= 11 is 0. The van der Waals surface area contributed by atoms with E-state index in [-0.39, 0.29) is 5.78 Å². The Balaban J connectivity index is 2.41. The van der Waals surface area contributed by atoms with Crippen LogP contribution in [-0.4, -0.2) is 20.5 Å². The summed E-state index contributed by atoms with van der Waals surface area (Å²) in [6.07, 6.45) is 3.42.